The van der Waals surface area contributed by atoms with Gasteiger partial charge in [-0.15, -0.1) is 0 Å². The second-order valence-electron chi connectivity index (χ2n) is 5.34. The molecule has 0 saturated heterocycles. The number of nitrogens with one attached hydrogen (secondary N) is 2. The van der Waals surface area contributed by atoms with Gasteiger partial charge in [0, 0.05) is 6.54 Å². The Bertz CT molecular complexity index is 902. The smallest absolute Gasteiger partial charge is 0.353 e. The monoisotopic (exact) mass is 351 g/mol. The van der Waals surface area contributed by atoms with Crippen molar-refractivity contribution in [3.63, 3.8) is 0 Å². The van der Waals surface area contributed by atoms with Gasteiger partial charge in [-0.1, -0.05) is 42.5 Å². The van der Waals surface area contributed by atoms with Gasteiger partial charge in [-0.2, -0.15) is 0 Å². The maximum atomic E-state index is 11.6. The summed E-state index contributed by atoms with van der Waals surface area (Å²) in [7, 11) is 1.53. The summed E-state index contributed by atoms with van der Waals surface area (Å²) in [4.78, 5) is 19.2. The summed E-state index contributed by atoms with van der Waals surface area (Å²) in [6.45, 7) is 0.410. The van der Waals surface area contributed by atoms with E-state index in [2.05, 4.69) is 20.6 Å². The fourth-order valence-corrected chi connectivity index (χ4v) is 2.43. The van der Waals surface area contributed by atoms with Crippen molar-refractivity contribution >= 4 is 23.0 Å². The number of benzene rings is 2. The topological polar surface area (TPSA) is 102 Å². The van der Waals surface area contributed by atoms with Crippen LogP contribution in [0.15, 0.2) is 60.9 Å². The highest BCUT2D eigenvalue weighted by molar-refractivity contribution is 5.75. The predicted octanol–water partition coefficient (Wildman–Crippen LogP) is 3.75. The molecule has 1 heterocycles. The molecule has 3 aromatic rings. The van der Waals surface area contributed by atoms with Gasteiger partial charge in [-0.3, -0.25) is 10.1 Å². The van der Waals surface area contributed by atoms with E-state index in [-0.39, 0.29) is 17.3 Å². The van der Waals surface area contributed by atoms with E-state index in [1.807, 2.05) is 36.4 Å². The molecule has 0 atom stereocenters. The molecule has 132 valence electrons. The lowest BCUT2D eigenvalue weighted by Gasteiger charge is -2.12. The number of methoxy groups -OCH3 is 1. The third kappa shape index (κ3) is 3.86. The van der Waals surface area contributed by atoms with Crippen LogP contribution < -0.4 is 15.4 Å². The van der Waals surface area contributed by atoms with Crippen molar-refractivity contribution in [1.82, 2.24) is 9.97 Å². The SMILES string of the molecule is COc1ccccc1Nc1ncnc(NCc2ccccc2)c1[N+](=O)[O-]. The van der Waals surface area contributed by atoms with Gasteiger partial charge in [0.2, 0.25) is 11.6 Å². The van der Waals surface area contributed by atoms with Crippen molar-refractivity contribution in [3.8, 4) is 5.75 Å². The van der Waals surface area contributed by atoms with E-state index in [9.17, 15) is 10.1 Å². The quantitative estimate of drug-likeness (QED) is 0.493. The van der Waals surface area contributed by atoms with E-state index in [4.69, 9.17) is 4.74 Å². The van der Waals surface area contributed by atoms with Gasteiger partial charge < -0.3 is 15.4 Å². The Kier molecular flexibility index (Phi) is 5.23. The lowest BCUT2D eigenvalue weighted by molar-refractivity contribution is -0.383. The Hall–Kier alpha value is -3.68. The summed E-state index contributed by atoms with van der Waals surface area (Å²) in [5.74, 6) is 0.788. The average Bonchev–Trinajstić information content (AvgIpc) is 2.67. The molecule has 0 amide bonds. The first-order chi connectivity index (χ1) is 12.7. The van der Waals surface area contributed by atoms with Gasteiger partial charge in [0.05, 0.1) is 17.7 Å². The molecular weight excluding hydrogens is 334 g/mol. The van der Waals surface area contributed by atoms with Crippen molar-refractivity contribution < 1.29 is 9.66 Å². The minimum atomic E-state index is -0.509. The van der Waals surface area contributed by atoms with Crippen LogP contribution in [0.3, 0.4) is 0 Å². The summed E-state index contributed by atoms with van der Waals surface area (Å²) in [5, 5.41) is 17.6. The van der Waals surface area contributed by atoms with Gasteiger partial charge in [0.25, 0.3) is 0 Å². The van der Waals surface area contributed by atoms with E-state index in [0.717, 1.165) is 5.56 Å². The van der Waals surface area contributed by atoms with Gasteiger partial charge in [-0.05, 0) is 17.7 Å². The highest BCUT2D eigenvalue weighted by atomic mass is 16.6. The third-order valence-electron chi connectivity index (χ3n) is 3.67. The Morgan fingerprint density at radius 1 is 1.04 bits per heavy atom. The molecule has 0 radical (unpaired) electrons. The molecule has 0 aliphatic carbocycles. The van der Waals surface area contributed by atoms with Gasteiger partial charge >= 0.3 is 5.69 Å². The summed E-state index contributed by atoms with van der Waals surface area (Å²) in [5.41, 5.74) is 1.33. The summed E-state index contributed by atoms with van der Waals surface area (Å²) in [6.07, 6.45) is 1.28. The van der Waals surface area contributed by atoms with Crippen molar-refractivity contribution in [3.05, 3.63) is 76.6 Å². The number of hydrogen-bond donors (Lipinski definition) is 2. The molecule has 0 bridgehead atoms. The number of aromatic nitrogens is 2. The van der Waals surface area contributed by atoms with Gasteiger partial charge in [0.15, 0.2) is 0 Å². The normalized spacial score (nSPS) is 10.2. The molecule has 1 aromatic heterocycles. The second kappa shape index (κ2) is 7.93. The average molecular weight is 351 g/mol. The molecular formula is C18H17N5O3. The van der Waals surface area contributed by atoms with E-state index < -0.39 is 4.92 Å². The van der Waals surface area contributed by atoms with E-state index >= 15 is 0 Å². The van der Waals surface area contributed by atoms with Crippen LogP contribution in [-0.4, -0.2) is 22.0 Å². The van der Waals surface area contributed by atoms with Gasteiger partial charge in [-0.25, -0.2) is 9.97 Å². The molecule has 0 spiro atoms. The predicted molar refractivity (Wildman–Crippen MR) is 98.7 cm³/mol. The fourth-order valence-electron chi connectivity index (χ4n) is 2.43. The van der Waals surface area contributed by atoms with Crippen LogP contribution in [0.1, 0.15) is 5.56 Å². The first-order valence-corrected chi connectivity index (χ1v) is 7.86. The molecule has 8 nitrogen and oxygen atoms in total. The molecule has 0 saturated carbocycles. The zero-order chi connectivity index (χ0) is 18.4. The van der Waals surface area contributed by atoms with Crippen LogP contribution in [0.25, 0.3) is 0 Å². The summed E-state index contributed by atoms with van der Waals surface area (Å²) in [6, 6.07) is 16.7. The van der Waals surface area contributed by atoms with E-state index in [0.29, 0.717) is 18.0 Å². The zero-order valence-corrected chi connectivity index (χ0v) is 14.0. The van der Waals surface area contributed by atoms with Crippen LogP contribution in [0.2, 0.25) is 0 Å². The molecule has 0 aliphatic rings. The second-order valence-corrected chi connectivity index (χ2v) is 5.34. The summed E-state index contributed by atoms with van der Waals surface area (Å²) >= 11 is 0. The lowest BCUT2D eigenvalue weighted by Crippen LogP contribution is -2.08. The van der Waals surface area contributed by atoms with Crippen LogP contribution >= 0.6 is 0 Å². The number of nitro groups is 1. The number of hydrogen-bond acceptors (Lipinski definition) is 7. The molecule has 2 aromatic carbocycles. The Labute approximate surface area is 150 Å². The van der Waals surface area contributed by atoms with Crippen molar-refractivity contribution in [2.45, 2.75) is 6.54 Å². The largest absolute Gasteiger partial charge is 0.495 e. The standard InChI is InChI=1S/C18H17N5O3/c1-26-15-10-6-5-9-14(15)22-18-16(23(24)25)17(20-12-21-18)19-11-13-7-3-2-4-8-13/h2-10,12H,11H2,1H3,(H2,19,20,21,22). The minimum Gasteiger partial charge on any atom is -0.495 e. The zero-order valence-electron chi connectivity index (χ0n) is 14.0. The number of anilines is 3. The maximum Gasteiger partial charge on any atom is 0.353 e. The number of para-hydroxylation sites is 2. The van der Waals surface area contributed by atoms with Crippen LogP contribution in [0, 0.1) is 10.1 Å². The van der Waals surface area contributed by atoms with E-state index in [1.165, 1.54) is 13.4 Å². The molecule has 0 aliphatic heterocycles. The van der Waals surface area contributed by atoms with Crippen molar-refractivity contribution in [1.29, 1.82) is 0 Å². The van der Waals surface area contributed by atoms with Crippen LogP contribution in [0.4, 0.5) is 23.0 Å². The number of nitrogens with zero attached hydrogens (tertiary/aromatic N) is 3. The number of ether oxygens (including phenoxy) is 1. The first-order valence-electron chi connectivity index (χ1n) is 7.86. The Balaban J connectivity index is 1.90. The molecule has 8 heteroatoms. The first kappa shape index (κ1) is 17.2. The number of rotatable bonds is 7. The molecule has 3 rings (SSSR count). The molecule has 2 N–H and O–H groups in total. The minimum absolute atomic E-state index is 0.0880. The molecule has 0 unspecified atom stereocenters. The van der Waals surface area contributed by atoms with Crippen LogP contribution in [-0.2, 0) is 6.54 Å². The molecule has 0 fully saturated rings. The van der Waals surface area contributed by atoms with Crippen molar-refractivity contribution in [2.75, 3.05) is 17.7 Å². The summed E-state index contributed by atoms with van der Waals surface area (Å²) < 4.78 is 5.26. The lowest BCUT2D eigenvalue weighted by atomic mass is 10.2. The highest BCUT2D eigenvalue weighted by Crippen LogP contribution is 2.34. The van der Waals surface area contributed by atoms with Crippen LogP contribution in [0.5, 0.6) is 5.75 Å². The van der Waals surface area contributed by atoms with Gasteiger partial charge in [0.1, 0.15) is 12.1 Å². The Morgan fingerprint density at radius 2 is 1.73 bits per heavy atom. The third-order valence-corrected chi connectivity index (χ3v) is 3.67. The fraction of sp³-hybridized carbons (Fsp3) is 0.111. The maximum absolute atomic E-state index is 11.6. The van der Waals surface area contributed by atoms with Crippen molar-refractivity contribution in [2.24, 2.45) is 0 Å². The molecule has 26 heavy (non-hydrogen) atoms. The van der Waals surface area contributed by atoms with E-state index in [1.54, 1.807) is 18.2 Å². The Morgan fingerprint density at radius 3 is 2.46 bits per heavy atom. The highest BCUT2D eigenvalue weighted by Gasteiger charge is 2.23.